The molecule has 0 radical (unpaired) electrons. The summed E-state index contributed by atoms with van der Waals surface area (Å²) in [5, 5.41) is 18.0. The van der Waals surface area contributed by atoms with E-state index in [9.17, 15) is 4.79 Å². The smallest absolute Gasteiger partial charge is 0.269 e. The van der Waals surface area contributed by atoms with E-state index in [1.54, 1.807) is 23.9 Å². The Morgan fingerprint density at radius 1 is 1.67 bits per heavy atom. The summed E-state index contributed by atoms with van der Waals surface area (Å²) in [4.78, 5) is 16.8. The number of amides is 1. The first-order valence-electron chi connectivity index (χ1n) is 6.34. The number of aryl methyl sites for hydroxylation is 2. The fraction of sp³-hybridized carbons (Fsp3) is 0.231. The molecular weight excluding hydrogens is 288 g/mol. The van der Waals surface area contributed by atoms with Crippen LogP contribution in [0.4, 0.5) is 0 Å². The van der Waals surface area contributed by atoms with E-state index in [1.807, 2.05) is 6.92 Å². The van der Waals surface area contributed by atoms with Crippen molar-refractivity contribution in [2.45, 2.75) is 13.5 Å². The Morgan fingerprint density at radius 2 is 2.48 bits per heavy atom. The Bertz CT molecular complexity index is 819. The van der Waals surface area contributed by atoms with Gasteiger partial charge in [0.2, 0.25) is 0 Å². The van der Waals surface area contributed by atoms with E-state index in [-0.39, 0.29) is 7.33 Å². The van der Waals surface area contributed by atoms with Crippen LogP contribution in [0, 0.1) is 12.3 Å². The van der Waals surface area contributed by atoms with Gasteiger partial charge in [-0.3, -0.25) is 9.89 Å². The molecule has 0 aliphatic rings. The van der Waals surface area contributed by atoms with Crippen LogP contribution in [0.5, 0.6) is 0 Å². The molecule has 3 rings (SSSR count). The highest BCUT2D eigenvalue weighted by Crippen LogP contribution is 2.29. The quantitative estimate of drug-likeness (QED) is 0.641. The molecule has 0 bridgehead atoms. The Labute approximate surface area is 126 Å². The molecule has 0 saturated carbocycles. The minimum Gasteiger partial charge on any atom is -0.345 e. The number of aromatic amines is 1. The van der Waals surface area contributed by atoms with E-state index in [1.165, 1.54) is 17.6 Å². The number of hydrogen-bond acceptors (Lipinski definition) is 5. The van der Waals surface area contributed by atoms with Crippen molar-refractivity contribution in [2.24, 2.45) is 7.05 Å². The maximum Gasteiger partial charge on any atom is 0.269 e. The summed E-state index contributed by atoms with van der Waals surface area (Å²) in [7, 11) is 1.79. The minimum atomic E-state index is -0.228. The van der Waals surface area contributed by atoms with Crippen LogP contribution in [0.1, 0.15) is 28.2 Å². The van der Waals surface area contributed by atoms with E-state index in [0.717, 1.165) is 21.0 Å². The van der Waals surface area contributed by atoms with Crippen LogP contribution < -0.4 is 5.32 Å². The standard InChI is InChI=1S/C13H14N6OS.H2/c1-7-17-12-11(21-7)9(5-14)10(19(12)2)13(20)15-6-8-3-4-16-18-8;/h3-5,14H,6H2,1-2H3,(H,15,20)(H,16,18);1H. The predicted molar refractivity (Wildman–Crippen MR) is 83.1 cm³/mol. The number of thiazole rings is 1. The number of hydrogen-bond donors (Lipinski definition) is 3. The van der Waals surface area contributed by atoms with Crippen molar-refractivity contribution in [3.05, 3.63) is 34.2 Å². The van der Waals surface area contributed by atoms with Crippen LogP contribution in [0.2, 0.25) is 0 Å². The zero-order chi connectivity index (χ0) is 15.0. The monoisotopic (exact) mass is 304 g/mol. The summed E-state index contributed by atoms with van der Waals surface area (Å²) in [6.45, 7) is 2.28. The fourth-order valence-electron chi connectivity index (χ4n) is 2.26. The Hall–Kier alpha value is -2.48. The maximum absolute atomic E-state index is 12.4. The molecule has 0 saturated heterocycles. The van der Waals surface area contributed by atoms with Gasteiger partial charge in [0, 0.05) is 26.4 Å². The van der Waals surface area contributed by atoms with Crippen molar-refractivity contribution in [1.29, 1.82) is 5.41 Å². The number of nitrogens with one attached hydrogen (secondary N) is 3. The van der Waals surface area contributed by atoms with E-state index in [2.05, 4.69) is 20.5 Å². The Kier molecular flexibility index (Phi) is 3.30. The van der Waals surface area contributed by atoms with Crippen molar-refractivity contribution in [3.8, 4) is 0 Å². The summed E-state index contributed by atoms with van der Waals surface area (Å²) < 4.78 is 2.61. The van der Waals surface area contributed by atoms with E-state index in [4.69, 9.17) is 5.41 Å². The van der Waals surface area contributed by atoms with Gasteiger partial charge in [-0.25, -0.2) is 4.98 Å². The molecule has 0 atom stereocenters. The first-order chi connectivity index (χ1) is 10.1. The molecule has 0 unspecified atom stereocenters. The van der Waals surface area contributed by atoms with E-state index >= 15 is 0 Å². The number of rotatable bonds is 4. The molecule has 0 spiro atoms. The topological polar surface area (TPSA) is 99.5 Å². The Balaban J connectivity index is 0.00000176. The highest BCUT2D eigenvalue weighted by molar-refractivity contribution is 7.18. The average Bonchev–Trinajstić information content (AvgIpc) is 3.14. The number of nitrogens with zero attached hydrogens (tertiary/aromatic N) is 3. The summed E-state index contributed by atoms with van der Waals surface area (Å²) in [6, 6.07) is 1.80. The fourth-order valence-corrected chi connectivity index (χ4v) is 3.23. The van der Waals surface area contributed by atoms with Gasteiger partial charge >= 0.3 is 0 Å². The molecule has 3 heterocycles. The molecule has 110 valence electrons. The molecule has 21 heavy (non-hydrogen) atoms. The predicted octanol–water partition coefficient (Wildman–Crippen LogP) is 1.84. The lowest BCUT2D eigenvalue weighted by atomic mass is 10.2. The zero-order valence-corrected chi connectivity index (χ0v) is 12.4. The second kappa shape index (κ2) is 5.13. The molecule has 0 fully saturated rings. The Morgan fingerprint density at radius 3 is 3.14 bits per heavy atom. The van der Waals surface area contributed by atoms with Gasteiger partial charge in [-0.2, -0.15) is 5.10 Å². The van der Waals surface area contributed by atoms with Crippen LogP contribution >= 0.6 is 11.3 Å². The van der Waals surface area contributed by atoms with Crippen molar-refractivity contribution >= 4 is 33.8 Å². The molecule has 7 nitrogen and oxygen atoms in total. The number of H-pyrrole nitrogens is 1. The molecule has 0 aliphatic heterocycles. The maximum atomic E-state index is 12.4. The van der Waals surface area contributed by atoms with Gasteiger partial charge in [-0.15, -0.1) is 11.3 Å². The second-order valence-corrected chi connectivity index (χ2v) is 5.82. The van der Waals surface area contributed by atoms with Crippen molar-refractivity contribution in [3.63, 3.8) is 0 Å². The van der Waals surface area contributed by atoms with Crippen LogP contribution in [0.25, 0.3) is 10.3 Å². The largest absolute Gasteiger partial charge is 0.345 e. The van der Waals surface area contributed by atoms with Gasteiger partial charge in [-0.05, 0) is 13.0 Å². The summed E-state index contributed by atoms with van der Waals surface area (Å²) in [5.41, 5.74) is 2.63. The summed E-state index contributed by atoms with van der Waals surface area (Å²) >= 11 is 1.49. The third-order valence-corrected chi connectivity index (χ3v) is 4.22. The molecule has 3 aromatic heterocycles. The zero-order valence-electron chi connectivity index (χ0n) is 11.6. The first-order valence-corrected chi connectivity index (χ1v) is 7.16. The number of aromatic nitrogens is 4. The highest BCUT2D eigenvalue weighted by Gasteiger charge is 2.22. The van der Waals surface area contributed by atoms with Gasteiger partial charge in [0.1, 0.15) is 5.69 Å². The molecule has 8 heteroatoms. The molecule has 3 N–H and O–H groups in total. The SMILES string of the molecule is Cc1nc2c(s1)c(C=N)c(C(=O)NCc1ccn[nH]1)n2C.[HH]. The van der Waals surface area contributed by atoms with Crippen LogP contribution in [-0.4, -0.2) is 31.9 Å². The number of fused-ring (bicyclic) bond motifs is 1. The third kappa shape index (κ3) is 2.23. The van der Waals surface area contributed by atoms with Crippen LogP contribution in [0.3, 0.4) is 0 Å². The van der Waals surface area contributed by atoms with Crippen molar-refractivity contribution in [1.82, 2.24) is 25.1 Å². The summed E-state index contributed by atoms with van der Waals surface area (Å²) in [5.74, 6) is -0.228. The molecule has 0 aromatic carbocycles. The lowest BCUT2D eigenvalue weighted by Gasteiger charge is -2.06. The average molecular weight is 304 g/mol. The van der Waals surface area contributed by atoms with E-state index < -0.39 is 0 Å². The second-order valence-electron chi connectivity index (χ2n) is 4.62. The third-order valence-electron chi connectivity index (χ3n) is 3.23. The van der Waals surface area contributed by atoms with Gasteiger partial charge < -0.3 is 15.3 Å². The first kappa shape index (κ1) is 13.5. The van der Waals surface area contributed by atoms with Gasteiger partial charge in [0.05, 0.1) is 21.9 Å². The van der Waals surface area contributed by atoms with Crippen LogP contribution in [-0.2, 0) is 13.6 Å². The van der Waals surface area contributed by atoms with Gasteiger partial charge in [-0.1, -0.05) is 0 Å². The van der Waals surface area contributed by atoms with Gasteiger partial charge in [0.15, 0.2) is 5.65 Å². The number of carbonyl (C=O) groups is 1. The highest BCUT2D eigenvalue weighted by atomic mass is 32.1. The molecule has 3 aromatic rings. The van der Waals surface area contributed by atoms with Crippen molar-refractivity contribution < 1.29 is 6.22 Å². The van der Waals surface area contributed by atoms with Gasteiger partial charge in [0.25, 0.3) is 5.91 Å². The lowest BCUT2D eigenvalue weighted by Crippen LogP contribution is -2.26. The molecule has 1 amide bonds. The molecular formula is C13H16N6OS. The minimum absolute atomic E-state index is 0. The normalized spacial score (nSPS) is 11.0. The lowest BCUT2D eigenvalue weighted by molar-refractivity contribution is 0.0942. The van der Waals surface area contributed by atoms with Crippen molar-refractivity contribution in [2.75, 3.05) is 0 Å². The number of carbonyl (C=O) groups excluding carboxylic acids is 1. The summed E-state index contributed by atoms with van der Waals surface area (Å²) in [6.07, 6.45) is 2.85. The van der Waals surface area contributed by atoms with E-state index in [0.29, 0.717) is 17.8 Å². The molecule has 0 aliphatic carbocycles. The van der Waals surface area contributed by atoms with Crippen LogP contribution in [0.15, 0.2) is 12.3 Å².